The van der Waals surface area contributed by atoms with E-state index in [2.05, 4.69) is 16.6 Å². The highest BCUT2D eigenvalue weighted by atomic mass is 35.5. The van der Waals surface area contributed by atoms with E-state index in [1.807, 2.05) is 0 Å². The van der Waals surface area contributed by atoms with Crippen molar-refractivity contribution in [2.45, 2.75) is 20.1 Å². The van der Waals surface area contributed by atoms with Gasteiger partial charge in [-0.25, -0.2) is 14.0 Å². The Morgan fingerprint density at radius 3 is 2.67 bits per heavy atom. The van der Waals surface area contributed by atoms with Crippen LogP contribution in [0.4, 0.5) is 10.1 Å². The average molecular weight is 316 g/mol. The Kier molecular flexibility index (Phi) is 6.17. The summed E-state index contributed by atoms with van der Waals surface area (Å²) < 4.78 is 22.6. The van der Waals surface area contributed by atoms with E-state index >= 15 is 0 Å². The van der Waals surface area contributed by atoms with Crippen LogP contribution in [0.15, 0.2) is 30.4 Å². The van der Waals surface area contributed by atoms with Gasteiger partial charge in [-0.3, -0.25) is 0 Å². The number of esters is 2. The summed E-state index contributed by atoms with van der Waals surface area (Å²) in [5.74, 6) is -2.29. The molecule has 0 fully saturated rings. The van der Waals surface area contributed by atoms with Crippen LogP contribution in [-0.2, 0) is 19.1 Å². The van der Waals surface area contributed by atoms with Gasteiger partial charge in [-0.2, -0.15) is 0 Å². The first-order valence-electron chi connectivity index (χ1n) is 6.13. The lowest BCUT2D eigenvalue weighted by molar-refractivity contribution is -0.148. The molecule has 0 amide bonds. The van der Waals surface area contributed by atoms with E-state index in [9.17, 15) is 14.0 Å². The Morgan fingerprint density at radius 1 is 1.43 bits per heavy atom. The number of ether oxygens (including phenoxy) is 2. The highest BCUT2D eigenvalue weighted by Crippen LogP contribution is 2.20. The Balaban J connectivity index is 2.58. The molecule has 0 aliphatic carbocycles. The van der Waals surface area contributed by atoms with Gasteiger partial charge in [0.05, 0.1) is 11.6 Å². The van der Waals surface area contributed by atoms with Crippen LogP contribution in [0, 0.1) is 5.82 Å². The SMILES string of the molecule is C=C(C(=O)OCC)C(=O)OC(C)Nc1ccc(F)c(Cl)c1. The number of nitrogens with one attached hydrogen (secondary N) is 1. The van der Waals surface area contributed by atoms with E-state index in [4.69, 9.17) is 16.3 Å². The number of halogens is 2. The van der Waals surface area contributed by atoms with Crippen molar-refractivity contribution in [2.24, 2.45) is 0 Å². The van der Waals surface area contributed by atoms with Crippen molar-refractivity contribution in [3.8, 4) is 0 Å². The van der Waals surface area contributed by atoms with E-state index < -0.39 is 29.6 Å². The second-order valence-electron chi connectivity index (χ2n) is 4.02. The minimum atomic E-state index is -0.901. The summed E-state index contributed by atoms with van der Waals surface area (Å²) in [6, 6.07) is 3.96. The zero-order chi connectivity index (χ0) is 16.0. The van der Waals surface area contributed by atoms with Crippen LogP contribution in [0.3, 0.4) is 0 Å². The standard InChI is InChI=1S/C14H15ClFNO4/c1-4-20-13(18)8(2)14(19)21-9(3)17-10-5-6-12(16)11(15)7-10/h5-7,9,17H,2,4H2,1,3H3. The summed E-state index contributed by atoms with van der Waals surface area (Å²) >= 11 is 5.63. The largest absolute Gasteiger partial charge is 0.462 e. The molecular formula is C14H15ClFNO4. The van der Waals surface area contributed by atoms with Gasteiger partial charge >= 0.3 is 11.9 Å². The minimum Gasteiger partial charge on any atom is -0.462 e. The zero-order valence-electron chi connectivity index (χ0n) is 11.6. The van der Waals surface area contributed by atoms with Gasteiger partial charge in [0.25, 0.3) is 0 Å². The maximum Gasteiger partial charge on any atom is 0.346 e. The van der Waals surface area contributed by atoms with Gasteiger partial charge in [-0.15, -0.1) is 0 Å². The van der Waals surface area contributed by atoms with Crippen molar-refractivity contribution in [1.82, 2.24) is 0 Å². The third kappa shape index (κ3) is 5.07. The van der Waals surface area contributed by atoms with Gasteiger partial charge in [0.1, 0.15) is 11.4 Å². The van der Waals surface area contributed by atoms with E-state index in [1.165, 1.54) is 25.1 Å². The van der Waals surface area contributed by atoms with Gasteiger partial charge in [0, 0.05) is 5.69 Å². The zero-order valence-corrected chi connectivity index (χ0v) is 12.4. The van der Waals surface area contributed by atoms with Gasteiger partial charge in [0.15, 0.2) is 6.23 Å². The molecule has 0 aliphatic heterocycles. The van der Waals surface area contributed by atoms with Crippen LogP contribution >= 0.6 is 11.6 Å². The molecule has 1 unspecified atom stereocenters. The molecule has 0 radical (unpaired) electrons. The second-order valence-corrected chi connectivity index (χ2v) is 4.43. The van der Waals surface area contributed by atoms with E-state index in [-0.39, 0.29) is 11.6 Å². The maximum atomic E-state index is 13.0. The number of rotatable bonds is 6. The summed E-state index contributed by atoms with van der Waals surface area (Å²) in [4.78, 5) is 22.9. The first-order chi connectivity index (χ1) is 9.85. The summed E-state index contributed by atoms with van der Waals surface area (Å²) in [5, 5.41) is 2.72. The molecule has 0 bridgehead atoms. The van der Waals surface area contributed by atoms with Crippen molar-refractivity contribution in [3.05, 3.63) is 41.2 Å². The van der Waals surface area contributed by atoms with Crippen molar-refractivity contribution in [1.29, 1.82) is 0 Å². The predicted molar refractivity (Wildman–Crippen MR) is 76.4 cm³/mol. The van der Waals surface area contributed by atoms with Crippen LogP contribution in [0.2, 0.25) is 5.02 Å². The number of carbonyl (C=O) groups is 2. The van der Waals surface area contributed by atoms with Gasteiger partial charge in [-0.1, -0.05) is 18.2 Å². The van der Waals surface area contributed by atoms with E-state index in [0.717, 1.165) is 0 Å². The first-order valence-corrected chi connectivity index (χ1v) is 6.51. The fraction of sp³-hybridized carbons (Fsp3) is 0.286. The summed E-state index contributed by atoms with van der Waals surface area (Å²) in [5.41, 5.74) is 0.0612. The Morgan fingerprint density at radius 2 is 2.10 bits per heavy atom. The number of hydrogen-bond donors (Lipinski definition) is 1. The number of carbonyl (C=O) groups excluding carboxylic acids is 2. The lowest BCUT2D eigenvalue weighted by atomic mass is 10.3. The van der Waals surface area contributed by atoms with Gasteiger partial charge in [-0.05, 0) is 32.0 Å². The molecule has 0 spiro atoms. The maximum absolute atomic E-state index is 13.0. The van der Waals surface area contributed by atoms with E-state index in [1.54, 1.807) is 6.92 Å². The fourth-order valence-corrected chi connectivity index (χ4v) is 1.56. The fourth-order valence-electron chi connectivity index (χ4n) is 1.38. The molecule has 21 heavy (non-hydrogen) atoms. The Bertz CT molecular complexity index is 562. The van der Waals surface area contributed by atoms with Crippen LogP contribution in [-0.4, -0.2) is 24.8 Å². The molecule has 1 N–H and O–H groups in total. The molecule has 1 aromatic rings. The molecule has 5 nitrogen and oxygen atoms in total. The van der Waals surface area contributed by atoms with Crippen molar-refractivity contribution in [2.75, 3.05) is 11.9 Å². The monoisotopic (exact) mass is 315 g/mol. The normalized spacial score (nSPS) is 11.4. The molecular weight excluding hydrogens is 301 g/mol. The Labute approximate surface area is 126 Å². The van der Waals surface area contributed by atoms with Crippen molar-refractivity contribution >= 4 is 29.2 Å². The molecule has 7 heteroatoms. The van der Waals surface area contributed by atoms with Crippen LogP contribution in [0.5, 0.6) is 0 Å². The van der Waals surface area contributed by atoms with Crippen LogP contribution < -0.4 is 5.32 Å². The topological polar surface area (TPSA) is 64.6 Å². The summed E-state index contributed by atoms with van der Waals surface area (Å²) in [6.07, 6.45) is -0.773. The highest BCUT2D eigenvalue weighted by molar-refractivity contribution is 6.31. The first kappa shape index (κ1) is 17.0. The summed E-state index contributed by atoms with van der Waals surface area (Å²) in [7, 11) is 0. The molecule has 1 atom stereocenters. The highest BCUT2D eigenvalue weighted by Gasteiger charge is 2.20. The van der Waals surface area contributed by atoms with E-state index in [0.29, 0.717) is 5.69 Å². The molecule has 0 aliphatic rings. The number of benzene rings is 1. The number of anilines is 1. The third-order valence-corrected chi connectivity index (χ3v) is 2.63. The Hall–Kier alpha value is -2.08. The van der Waals surface area contributed by atoms with Crippen molar-refractivity contribution < 1.29 is 23.5 Å². The smallest absolute Gasteiger partial charge is 0.346 e. The predicted octanol–water partition coefficient (Wildman–Crippen LogP) is 2.90. The molecule has 0 aromatic heterocycles. The molecule has 1 rings (SSSR count). The van der Waals surface area contributed by atoms with Crippen molar-refractivity contribution in [3.63, 3.8) is 0 Å². The minimum absolute atomic E-state index is 0.0607. The lowest BCUT2D eigenvalue weighted by Crippen LogP contribution is -2.26. The molecule has 0 saturated heterocycles. The molecule has 1 aromatic carbocycles. The van der Waals surface area contributed by atoms with Crippen LogP contribution in [0.25, 0.3) is 0 Å². The lowest BCUT2D eigenvalue weighted by Gasteiger charge is -2.16. The third-order valence-electron chi connectivity index (χ3n) is 2.34. The summed E-state index contributed by atoms with van der Waals surface area (Å²) in [6.45, 7) is 6.59. The number of hydrogen-bond acceptors (Lipinski definition) is 5. The average Bonchev–Trinajstić information content (AvgIpc) is 2.42. The molecule has 0 saturated carbocycles. The van der Waals surface area contributed by atoms with Gasteiger partial charge in [0.2, 0.25) is 0 Å². The molecule has 114 valence electrons. The second kappa shape index (κ2) is 7.64. The quantitative estimate of drug-likeness (QED) is 0.287. The molecule has 0 heterocycles. The van der Waals surface area contributed by atoms with Gasteiger partial charge < -0.3 is 14.8 Å². The van der Waals surface area contributed by atoms with Crippen LogP contribution in [0.1, 0.15) is 13.8 Å².